The lowest BCUT2D eigenvalue weighted by molar-refractivity contribution is 0.287. The molecule has 0 spiro atoms. The Balaban J connectivity index is 1.75. The lowest BCUT2D eigenvalue weighted by Gasteiger charge is -2.15. The third-order valence-corrected chi connectivity index (χ3v) is 2.98. The van der Waals surface area contributed by atoms with Crippen LogP contribution in [0.15, 0.2) is 54.1 Å². The Labute approximate surface area is 107 Å². The number of nitrogens with one attached hydrogen (secondary N) is 2. The number of rotatable bonds is 5. The summed E-state index contributed by atoms with van der Waals surface area (Å²) in [6.07, 6.45) is 5.38. The predicted molar refractivity (Wildman–Crippen MR) is 73.7 cm³/mol. The molecule has 0 saturated heterocycles. The average molecular weight is 242 g/mol. The third-order valence-electron chi connectivity index (χ3n) is 2.98. The summed E-state index contributed by atoms with van der Waals surface area (Å²) in [6, 6.07) is 10.2. The molecule has 0 aliphatic heterocycles. The first-order chi connectivity index (χ1) is 8.77. The standard InChI is InChI=1S/C15H18N2O/c16-15-13(7-4-8-14(15)18)9-10-17-11-12-5-2-1-3-6-12/h1-8,14,16-18H,9-11H2. The number of aliphatic hydroxyl groups is 1. The van der Waals surface area contributed by atoms with Gasteiger partial charge in [-0.1, -0.05) is 48.6 Å². The molecule has 1 aliphatic rings. The quantitative estimate of drug-likeness (QED) is 0.692. The van der Waals surface area contributed by atoms with Crippen LogP contribution in [0.25, 0.3) is 0 Å². The number of hydrogen-bond donors (Lipinski definition) is 3. The lowest BCUT2D eigenvalue weighted by Crippen LogP contribution is -2.24. The van der Waals surface area contributed by atoms with E-state index in [1.54, 1.807) is 6.08 Å². The zero-order chi connectivity index (χ0) is 12.8. The molecule has 1 aliphatic carbocycles. The fourth-order valence-electron chi connectivity index (χ4n) is 1.92. The Morgan fingerprint density at radius 3 is 2.78 bits per heavy atom. The first-order valence-electron chi connectivity index (χ1n) is 6.16. The molecule has 1 unspecified atom stereocenters. The van der Waals surface area contributed by atoms with Gasteiger partial charge in [-0.05, 0) is 24.1 Å². The second-order valence-electron chi connectivity index (χ2n) is 4.35. The Morgan fingerprint density at radius 1 is 1.22 bits per heavy atom. The normalized spacial score (nSPS) is 18.8. The van der Waals surface area contributed by atoms with Gasteiger partial charge in [0.15, 0.2) is 0 Å². The minimum absolute atomic E-state index is 0.319. The van der Waals surface area contributed by atoms with Crippen LogP contribution >= 0.6 is 0 Å². The molecule has 1 atom stereocenters. The van der Waals surface area contributed by atoms with Crippen molar-refractivity contribution in [2.75, 3.05) is 6.54 Å². The molecule has 0 aromatic heterocycles. The van der Waals surface area contributed by atoms with Crippen LogP contribution in [-0.2, 0) is 6.54 Å². The van der Waals surface area contributed by atoms with E-state index in [-0.39, 0.29) is 0 Å². The molecule has 3 N–H and O–H groups in total. The van der Waals surface area contributed by atoms with E-state index in [2.05, 4.69) is 17.4 Å². The molecule has 2 rings (SSSR count). The van der Waals surface area contributed by atoms with Gasteiger partial charge >= 0.3 is 0 Å². The zero-order valence-corrected chi connectivity index (χ0v) is 10.3. The van der Waals surface area contributed by atoms with Gasteiger partial charge in [0, 0.05) is 6.54 Å². The minimum atomic E-state index is -0.737. The van der Waals surface area contributed by atoms with Crippen LogP contribution in [-0.4, -0.2) is 23.5 Å². The Hall–Kier alpha value is -1.71. The second kappa shape index (κ2) is 6.28. The maximum atomic E-state index is 9.51. The van der Waals surface area contributed by atoms with Gasteiger partial charge in [0.05, 0.1) is 5.71 Å². The van der Waals surface area contributed by atoms with Gasteiger partial charge in [-0.2, -0.15) is 0 Å². The minimum Gasteiger partial charge on any atom is -0.383 e. The highest BCUT2D eigenvalue weighted by atomic mass is 16.3. The molecule has 3 heteroatoms. The summed E-state index contributed by atoms with van der Waals surface area (Å²) in [7, 11) is 0. The van der Waals surface area contributed by atoms with E-state index in [0.29, 0.717) is 5.71 Å². The predicted octanol–water partition coefficient (Wildman–Crippen LogP) is 2.04. The first kappa shape index (κ1) is 12.7. The lowest BCUT2D eigenvalue weighted by atomic mass is 9.97. The highest BCUT2D eigenvalue weighted by molar-refractivity contribution is 6.03. The van der Waals surface area contributed by atoms with Crippen molar-refractivity contribution in [2.24, 2.45) is 0 Å². The van der Waals surface area contributed by atoms with Gasteiger partial charge in [-0.25, -0.2) is 0 Å². The topological polar surface area (TPSA) is 56.1 Å². The van der Waals surface area contributed by atoms with Crippen molar-refractivity contribution in [3.63, 3.8) is 0 Å². The summed E-state index contributed by atoms with van der Waals surface area (Å²) in [4.78, 5) is 0. The highest BCUT2D eigenvalue weighted by Gasteiger charge is 2.14. The van der Waals surface area contributed by atoms with E-state index in [1.807, 2.05) is 30.4 Å². The van der Waals surface area contributed by atoms with Crippen LogP contribution in [0, 0.1) is 5.41 Å². The van der Waals surface area contributed by atoms with Crippen molar-refractivity contribution < 1.29 is 5.11 Å². The van der Waals surface area contributed by atoms with Crippen molar-refractivity contribution in [2.45, 2.75) is 19.1 Å². The number of allylic oxidation sites excluding steroid dienone is 2. The highest BCUT2D eigenvalue weighted by Crippen LogP contribution is 2.12. The molecule has 1 aromatic rings. The maximum absolute atomic E-state index is 9.51. The van der Waals surface area contributed by atoms with Crippen LogP contribution in [0.2, 0.25) is 0 Å². The van der Waals surface area contributed by atoms with E-state index >= 15 is 0 Å². The monoisotopic (exact) mass is 242 g/mol. The number of hydrogen-bond acceptors (Lipinski definition) is 3. The van der Waals surface area contributed by atoms with Gasteiger partial charge in [0.1, 0.15) is 6.10 Å². The number of aliphatic hydroxyl groups excluding tert-OH is 1. The Kier molecular flexibility index (Phi) is 4.45. The molecular weight excluding hydrogens is 224 g/mol. The van der Waals surface area contributed by atoms with E-state index in [0.717, 1.165) is 25.1 Å². The van der Waals surface area contributed by atoms with Crippen LogP contribution in [0.4, 0.5) is 0 Å². The molecule has 0 amide bonds. The maximum Gasteiger partial charge on any atom is 0.114 e. The van der Waals surface area contributed by atoms with Gasteiger partial charge in [0.2, 0.25) is 0 Å². The van der Waals surface area contributed by atoms with Crippen molar-refractivity contribution in [1.82, 2.24) is 5.32 Å². The van der Waals surface area contributed by atoms with E-state index in [4.69, 9.17) is 5.41 Å². The summed E-state index contributed by atoms with van der Waals surface area (Å²) >= 11 is 0. The van der Waals surface area contributed by atoms with Crippen molar-refractivity contribution in [3.8, 4) is 0 Å². The largest absolute Gasteiger partial charge is 0.383 e. The van der Waals surface area contributed by atoms with Gasteiger partial charge in [0.25, 0.3) is 0 Å². The second-order valence-corrected chi connectivity index (χ2v) is 4.35. The fraction of sp³-hybridized carbons (Fsp3) is 0.267. The zero-order valence-electron chi connectivity index (χ0n) is 10.3. The summed E-state index contributed by atoms with van der Waals surface area (Å²) in [6.45, 7) is 1.64. The summed E-state index contributed by atoms with van der Waals surface area (Å²) in [5.74, 6) is 0. The summed E-state index contributed by atoms with van der Waals surface area (Å²) in [5.41, 5.74) is 2.48. The van der Waals surface area contributed by atoms with Crippen LogP contribution in [0.3, 0.4) is 0 Å². The molecular formula is C15H18N2O. The van der Waals surface area contributed by atoms with Gasteiger partial charge < -0.3 is 15.8 Å². The molecule has 1 aromatic carbocycles. The van der Waals surface area contributed by atoms with E-state index in [1.165, 1.54) is 5.56 Å². The molecule has 0 radical (unpaired) electrons. The molecule has 0 fully saturated rings. The summed E-state index contributed by atoms with van der Waals surface area (Å²) < 4.78 is 0. The van der Waals surface area contributed by atoms with Gasteiger partial charge in [-0.3, -0.25) is 0 Å². The summed E-state index contributed by atoms with van der Waals surface area (Å²) in [5, 5.41) is 20.6. The molecule has 0 heterocycles. The van der Waals surface area contributed by atoms with Crippen molar-refractivity contribution in [1.29, 1.82) is 5.41 Å². The Morgan fingerprint density at radius 2 is 2.00 bits per heavy atom. The molecule has 3 nitrogen and oxygen atoms in total. The fourth-order valence-corrected chi connectivity index (χ4v) is 1.92. The van der Waals surface area contributed by atoms with Crippen LogP contribution in [0.5, 0.6) is 0 Å². The molecule has 94 valence electrons. The van der Waals surface area contributed by atoms with Crippen LogP contribution < -0.4 is 5.32 Å². The number of benzene rings is 1. The van der Waals surface area contributed by atoms with Crippen LogP contribution in [0.1, 0.15) is 12.0 Å². The Bertz CT molecular complexity index is 463. The SMILES string of the molecule is N=C1C(CCNCc2ccccc2)=CC=CC1O. The third kappa shape index (κ3) is 3.39. The molecule has 0 saturated carbocycles. The average Bonchev–Trinajstić information content (AvgIpc) is 2.40. The smallest absolute Gasteiger partial charge is 0.114 e. The van der Waals surface area contributed by atoms with Crippen molar-refractivity contribution >= 4 is 5.71 Å². The molecule has 0 bridgehead atoms. The first-order valence-corrected chi connectivity index (χ1v) is 6.16. The van der Waals surface area contributed by atoms with Crippen molar-refractivity contribution in [3.05, 3.63) is 59.7 Å². The van der Waals surface area contributed by atoms with E-state index in [9.17, 15) is 5.11 Å². The van der Waals surface area contributed by atoms with Gasteiger partial charge in [-0.15, -0.1) is 0 Å². The molecule has 18 heavy (non-hydrogen) atoms. The van der Waals surface area contributed by atoms with E-state index < -0.39 is 6.10 Å².